The van der Waals surface area contributed by atoms with Crippen LogP contribution in [0.15, 0.2) is 66.2 Å². The maximum atomic E-state index is 10.1. The third-order valence-corrected chi connectivity index (χ3v) is 5.52. The average molecular weight is 371 g/mol. The van der Waals surface area contributed by atoms with Crippen molar-refractivity contribution in [1.82, 2.24) is 0 Å². The van der Waals surface area contributed by atoms with Crippen LogP contribution < -0.4 is 14.8 Å². The minimum atomic E-state index is 0.0222. The van der Waals surface area contributed by atoms with Gasteiger partial charge in [0.25, 0.3) is 0 Å². The summed E-state index contributed by atoms with van der Waals surface area (Å²) >= 11 is 0. The molecule has 0 saturated carbocycles. The Hall–Kier alpha value is -3.40. The van der Waals surface area contributed by atoms with E-state index in [1.807, 2.05) is 30.3 Å². The second kappa shape index (κ2) is 6.34. The third kappa shape index (κ3) is 2.53. The van der Waals surface area contributed by atoms with Gasteiger partial charge in [0.1, 0.15) is 12.4 Å². The summed E-state index contributed by atoms with van der Waals surface area (Å²) in [5.41, 5.74) is 7.94. The third-order valence-electron chi connectivity index (χ3n) is 5.52. The van der Waals surface area contributed by atoms with Crippen molar-refractivity contribution in [2.75, 3.05) is 19.0 Å². The number of phenolic OH excluding ortho intramolecular Hbond substituents is 1. The Morgan fingerprint density at radius 2 is 1.93 bits per heavy atom. The minimum absolute atomic E-state index is 0.0222. The van der Waals surface area contributed by atoms with Gasteiger partial charge in [-0.15, -0.1) is 0 Å². The zero-order chi connectivity index (χ0) is 19.3. The summed E-state index contributed by atoms with van der Waals surface area (Å²) < 4.78 is 11.5. The van der Waals surface area contributed by atoms with Crippen LogP contribution in [0.3, 0.4) is 0 Å². The minimum Gasteiger partial charge on any atom is -0.504 e. The maximum Gasteiger partial charge on any atom is 0.160 e. The van der Waals surface area contributed by atoms with Crippen LogP contribution in [0, 0.1) is 6.92 Å². The van der Waals surface area contributed by atoms with Crippen molar-refractivity contribution in [1.29, 1.82) is 0 Å². The predicted octanol–water partition coefficient (Wildman–Crippen LogP) is 5.07. The Balaban J connectivity index is 1.75. The van der Waals surface area contributed by atoms with Crippen molar-refractivity contribution in [2.24, 2.45) is 0 Å². The number of para-hydroxylation sites is 1. The van der Waals surface area contributed by atoms with E-state index in [0.717, 1.165) is 28.3 Å². The lowest BCUT2D eigenvalue weighted by atomic mass is 9.78. The van der Waals surface area contributed by atoms with E-state index >= 15 is 0 Å². The fourth-order valence-corrected chi connectivity index (χ4v) is 4.19. The van der Waals surface area contributed by atoms with Gasteiger partial charge in [-0.25, -0.2) is 0 Å². The van der Waals surface area contributed by atoms with E-state index in [1.54, 1.807) is 13.2 Å². The van der Waals surface area contributed by atoms with Crippen LogP contribution in [0.2, 0.25) is 0 Å². The average Bonchev–Trinajstić information content (AvgIpc) is 2.72. The number of anilines is 1. The molecule has 3 aromatic carbocycles. The van der Waals surface area contributed by atoms with Crippen molar-refractivity contribution >= 4 is 11.4 Å². The summed E-state index contributed by atoms with van der Waals surface area (Å²) in [5, 5.41) is 13.7. The van der Waals surface area contributed by atoms with E-state index < -0.39 is 0 Å². The first-order valence-electron chi connectivity index (χ1n) is 9.35. The second-order valence-corrected chi connectivity index (χ2v) is 7.27. The number of hydrogen-bond acceptors (Lipinski definition) is 4. The Morgan fingerprint density at radius 1 is 1.07 bits per heavy atom. The van der Waals surface area contributed by atoms with Crippen LogP contribution in [0.1, 0.15) is 28.2 Å². The van der Waals surface area contributed by atoms with Crippen LogP contribution in [0.5, 0.6) is 17.2 Å². The van der Waals surface area contributed by atoms with Crippen LogP contribution >= 0.6 is 0 Å². The molecule has 2 heterocycles. The van der Waals surface area contributed by atoms with E-state index in [0.29, 0.717) is 12.4 Å². The lowest BCUT2D eigenvalue weighted by Gasteiger charge is -2.36. The number of hydrogen-bond donors (Lipinski definition) is 2. The maximum absolute atomic E-state index is 10.1. The van der Waals surface area contributed by atoms with E-state index in [1.165, 1.54) is 16.7 Å². The lowest BCUT2D eigenvalue weighted by Crippen LogP contribution is -2.25. The molecular weight excluding hydrogens is 350 g/mol. The molecule has 4 nitrogen and oxygen atoms in total. The first-order valence-corrected chi connectivity index (χ1v) is 9.35. The smallest absolute Gasteiger partial charge is 0.160 e. The Labute approximate surface area is 164 Å². The molecule has 0 aliphatic carbocycles. The summed E-state index contributed by atoms with van der Waals surface area (Å²) in [6.07, 6.45) is 0. The number of aromatic hydroxyl groups is 1. The normalized spacial score (nSPS) is 17.0. The van der Waals surface area contributed by atoms with Gasteiger partial charge in [0.15, 0.2) is 11.5 Å². The van der Waals surface area contributed by atoms with Crippen LogP contribution in [-0.2, 0) is 0 Å². The molecule has 0 spiro atoms. The quantitative estimate of drug-likeness (QED) is 0.660. The zero-order valence-electron chi connectivity index (χ0n) is 15.8. The SMILES string of the molecule is COc1cc(C2C3=C(Nc4ccc(C)cc42)c2ccccc2OC3)ccc1O. The van der Waals surface area contributed by atoms with E-state index in [2.05, 4.69) is 36.5 Å². The van der Waals surface area contributed by atoms with Crippen molar-refractivity contribution in [3.63, 3.8) is 0 Å². The Kier molecular flexibility index (Phi) is 3.79. The Morgan fingerprint density at radius 3 is 2.79 bits per heavy atom. The standard InChI is InChI=1S/C24H21NO3/c1-14-7-9-19-17(11-14)23(15-8-10-20(26)22(12-15)27-2)18-13-28-21-6-4-3-5-16(21)24(18)25-19/h3-12,23,25-26H,13H2,1-2H3. The predicted molar refractivity (Wildman–Crippen MR) is 110 cm³/mol. The second-order valence-electron chi connectivity index (χ2n) is 7.27. The molecular formula is C24H21NO3. The van der Waals surface area contributed by atoms with E-state index in [4.69, 9.17) is 9.47 Å². The molecule has 140 valence electrons. The van der Waals surface area contributed by atoms with Gasteiger partial charge in [-0.2, -0.15) is 0 Å². The van der Waals surface area contributed by atoms with Crippen molar-refractivity contribution < 1.29 is 14.6 Å². The molecule has 5 rings (SSSR count). The van der Waals surface area contributed by atoms with Gasteiger partial charge in [-0.3, -0.25) is 0 Å². The Bertz CT molecular complexity index is 1120. The number of methoxy groups -OCH3 is 1. The first-order chi connectivity index (χ1) is 13.7. The molecule has 3 aromatic rings. The molecule has 4 heteroatoms. The number of aryl methyl sites for hydroxylation is 1. The van der Waals surface area contributed by atoms with Gasteiger partial charge in [0, 0.05) is 22.7 Å². The van der Waals surface area contributed by atoms with Crippen molar-refractivity contribution in [3.8, 4) is 17.2 Å². The summed E-state index contributed by atoms with van der Waals surface area (Å²) in [4.78, 5) is 0. The molecule has 0 saturated heterocycles. The van der Waals surface area contributed by atoms with Gasteiger partial charge in [-0.1, -0.05) is 35.9 Å². The molecule has 1 unspecified atom stereocenters. The highest BCUT2D eigenvalue weighted by Crippen LogP contribution is 2.48. The highest BCUT2D eigenvalue weighted by molar-refractivity contribution is 5.89. The number of fused-ring (bicyclic) bond motifs is 3. The molecule has 0 amide bonds. The number of phenols is 1. The highest BCUT2D eigenvalue weighted by atomic mass is 16.5. The summed E-state index contributed by atoms with van der Waals surface area (Å²) in [5.74, 6) is 1.54. The van der Waals surface area contributed by atoms with Gasteiger partial charge in [0.05, 0.1) is 12.8 Å². The number of ether oxygens (including phenoxy) is 2. The molecule has 0 fully saturated rings. The summed E-state index contributed by atoms with van der Waals surface area (Å²) in [6.45, 7) is 2.62. The number of nitrogens with one attached hydrogen (secondary N) is 1. The lowest BCUT2D eigenvalue weighted by molar-refractivity contribution is 0.339. The monoisotopic (exact) mass is 371 g/mol. The summed E-state index contributed by atoms with van der Waals surface area (Å²) in [7, 11) is 1.57. The van der Waals surface area contributed by atoms with Crippen LogP contribution in [-0.4, -0.2) is 18.8 Å². The van der Waals surface area contributed by atoms with Crippen LogP contribution in [0.25, 0.3) is 5.70 Å². The fourth-order valence-electron chi connectivity index (χ4n) is 4.19. The summed E-state index contributed by atoms with van der Waals surface area (Å²) in [6, 6.07) is 20.2. The van der Waals surface area contributed by atoms with Crippen LogP contribution in [0.4, 0.5) is 5.69 Å². The number of rotatable bonds is 2. The molecule has 2 N–H and O–H groups in total. The zero-order valence-corrected chi connectivity index (χ0v) is 15.8. The van der Waals surface area contributed by atoms with Gasteiger partial charge in [0.2, 0.25) is 0 Å². The molecule has 0 aromatic heterocycles. The first kappa shape index (κ1) is 16.8. The molecule has 0 bridgehead atoms. The highest BCUT2D eigenvalue weighted by Gasteiger charge is 2.34. The van der Waals surface area contributed by atoms with E-state index in [-0.39, 0.29) is 11.7 Å². The largest absolute Gasteiger partial charge is 0.504 e. The fraction of sp³-hybridized carbons (Fsp3) is 0.167. The topological polar surface area (TPSA) is 50.7 Å². The van der Waals surface area contributed by atoms with Gasteiger partial charge < -0.3 is 19.9 Å². The van der Waals surface area contributed by atoms with Gasteiger partial charge in [-0.05, 0) is 48.4 Å². The molecule has 28 heavy (non-hydrogen) atoms. The van der Waals surface area contributed by atoms with Crippen molar-refractivity contribution in [3.05, 3.63) is 88.5 Å². The number of benzene rings is 3. The molecule has 2 aliphatic rings. The van der Waals surface area contributed by atoms with E-state index in [9.17, 15) is 5.11 Å². The van der Waals surface area contributed by atoms with Crippen molar-refractivity contribution in [2.45, 2.75) is 12.8 Å². The molecule has 1 atom stereocenters. The molecule has 0 radical (unpaired) electrons. The van der Waals surface area contributed by atoms with Gasteiger partial charge >= 0.3 is 0 Å². The molecule has 2 aliphatic heterocycles.